The van der Waals surface area contributed by atoms with Gasteiger partial charge in [0.25, 0.3) is 5.91 Å². The zero-order valence-corrected chi connectivity index (χ0v) is 15.8. The SMILES string of the molecule is O=C(Nc1ccc2c(ccn2[C@@H](c2ccccc2)[C@H](O)CO)c1)c1ccccc1. The summed E-state index contributed by atoms with van der Waals surface area (Å²) in [5.74, 6) is -0.165. The summed E-state index contributed by atoms with van der Waals surface area (Å²) in [6.07, 6.45) is 0.953. The number of nitrogens with one attached hydrogen (secondary N) is 1. The molecule has 0 fully saturated rings. The average Bonchev–Trinajstić information content (AvgIpc) is 3.18. The Balaban J connectivity index is 1.66. The van der Waals surface area contributed by atoms with Gasteiger partial charge >= 0.3 is 0 Å². The number of hydrogen-bond donors (Lipinski definition) is 3. The summed E-state index contributed by atoms with van der Waals surface area (Å²) in [5.41, 5.74) is 3.11. The van der Waals surface area contributed by atoms with E-state index in [1.807, 2.05) is 83.6 Å². The molecule has 0 bridgehead atoms. The van der Waals surface area contributed by atoms with Crippen LogP contribution >= 0.6 is 0 Å². The van der Waals surface area contributed by atoms with E-state index < -0.39 is 12.1 Å². The number of aromatic nitrogens is 1. The van der Waals surface area contributed by atoms with Crippen LogP contribution in [-0.2, 0) is 0 Å². The molecule has 2 atom stereocenters. The number of amides is 1. The number of carbonyl (C=O) groups is 1. The van der Waals surface area contributed by atoms with Gasteiger partial charge in [0.1, 0.15) is 6.10 Å². The van der Waals surface area contributed by atoms with Crippen molar-refractivity contribution < 1.29 is 15.0 Å². The van der Waals surface area contributed by atoms with Crippen LogP contribution in [0, 0.1) is 0 Å². The predicted octanol–water partition coefficient (Wildman–Crippen LogP) is 3.84. The van der Waals surface area contributed by atoms with E-state index in [0.717, 1.165) is 16.5 Å². The van der Waals surface area contributed by atoms with Crippen LogP contribution in [0.2, 0.25) is 0 Å². The fraction of sp³-hybridized carbons (Fsp3) is 0.125. The fourth-order valence-electron chi connectivity index (χ4n) is 3.60. The van der Waals surface area contributed by atoms with Crippen molar-refractivity contribution in [3.8, 4) is 0 Å². The Hall–Kier alpha value is -3.41. The highest BCUT2D eigenvalue weighted by Gasteiger charge is 2.23. The zero-order valence-electron chi connectivity index (χ0n) is 15.8. The molecule has 3 N–H and O–H groups in total. The maximum atomic E-state index is 12.4. The van der Waals surface area contributed by atoms with Gasteiger partial charge < -0.3 is 20.1 Å². The second kappa shape index (κ2) is 8.31. The first-order valence-electron chi connectivity index (χ1n) is 9.48. The number of hydrogen-bond acceptors (Lipinski definition) is 3. The quantitative estimate of drug-likeness (QED) is 0.471. The first-order chi connectivity index (χ1) is 14.2. The van der Waals surface area contributed by atoms with E-state index in [-0.39, 0.29) is 12.5 Å². The van der Waals surface area contributed by atoms with Gasteiger partial charge in [-0.1, -0.05) is 48.5 Å². The Morgan fingerprint density at radius 2 is 1.62 bits per heavy atom. The number of carbonyl (C=O) groups excluding carboxylic acids is 1. The van der Waals surface area contributed by atoms with Crippen molar-refractivity contribution in [1.29, 1.82) is 0 Å². The van der Waals surface area contributed by atoms with Crippen LogP contribution in [0.15, 0.2) is 91.1 Å². The number of benzene rings is 3. The van der Waals surface area contributed by atoms with Crippen LogP contribution in [0.25, 0.3) is 10.9 Å². The monoisotopic (exact) mass is 386 g/mol. The van der Waals surface area contributed by atoms with Gasteiger partial charge in [0.2, 0.25) is 0 Å². The molecule has 3 aromatic carbocycles. The summed E-state index contributed by atoms with van der Waals surface area (Å²) in [7, 11) is 0. The summed E-state index contributed by atoms with van der Waals surface area (Å²) in [5, 5.41) is 23.9. The van der Waals surface area contributed by atoms with E-state index in [4.69, 9.17) is 0 Å². The summed E-state index contributed by atoms with van der Waals surface area (Å²) >= 11 is 0. The van der Waals surface area contributed by atoms with Crippen LogP contribution in [0.1, 0.15) is 22.0 Å². The lowest BCUT2D eigenvalue weighted by Gasteiger charge is -2.25. The van der Waals surface area contributed by atoms with Crippen molar-refractivity contribution >= 4 is 22.5 Å². The lowest BCUT2D eigenvalue weighted by atomic mass is 10.0. The summed E-state index contributed by atoms with van der Waals surface area (Å²) < 4.78 is 1.95. The van der Waals surface area contributed by atoms with E-state index in [1.54, 1.807) is 12.1 Å². The van der Waals surface area contributed by atoms with Gasteiger partial charge in [-0.3, -0.25) is 4.79 Å². The molecule has 0 saturated carbocycles. The summed E-state index contributed by atoms with van der Waals surface area (Å²) in [4.78, 5) is 12.4. The molecule has 5 nitrogen and oxygen atoms in total. The minimum Gasteiger partial charge on any atom is -0.394 e. The average molecular weight is 386 g/mol. The molecule has 4 rings (SSSR count). The van der Waals surface area contributed by atoms with E-state index >= 15 is 0 Å². The molecule has 5 heteroatoms. The molecule has 29 heavy (non-hydrogen) atoms. The lowest BCUT2D eigenvalue weighted by molar-refractivity contribution is 0.0654. The number of anilines is 1. The molecule has 1 heterocycles. The van der Waals surface area contributed by atoms with Gasteiger partial charge in [0.15, 0.2) is 0 Å². The molecule has 0 aliphatic rings. The lowest BCUT2D eigenvalue weighted by Crippen LogP contribution is -2.27. The molecule has 1 aromatic heterocycles. The molecular weight excluding hydrogens is 364 g/mol. The van der Waals surface area contributed by atoms with Crippen molar-refractivity contribution in [3.05, 3.63) is 102 Å². The standard InChI is InChI=1S/C24H22N2O3/c27-16-22(28)23(17-7-3-1-4-8-17)26-14-13-19-15-20(11-12-21(19)26)25-24(29)18-9-5-2-6-10-18/h1-15,22-23,27-28H,16H2,(H,25,29)/t22-,23+/m1/s1. The highest BCUT2D eigenvalue weighted by Crippen LogP contribution is 2.29. The van der Waals surface area contributed by atoms with Crippen molar-refractivity contribution in [1.82, 2.24) is 4.57 Å². The third kappa shape index (κ3) is 3.92. The van der Waals surface area contributed by atoms with Gasteiger partial charge in [0.05, 0.1) is 12.6 Å². The summed E-state index contributed by atoms with van der Waals surface area (Å²) in [6.45, 7) is -0.343. The topological polar surface area (TPSA) is 74.5 Å². The van der Waals surface area contributed by atoms with E-state index in [2.05, 4.69) is 5.32 Å². The molecule has 0 spiro atoms. The van der Waals surface area contributed by atoms with Crippen LogP contribution < -0.4 is 5.32 Å². The third-order valence-electron chi connectivity index (χ3n) is 5.01. The van der Waals surface area contributed by atoms with Crippen LogP contribution in [0.4, 0.5) is 5.69 Å². The first kappa shape index (κ1) is 18.9. The van der Waals surface area contributed by atoms with Crippen LogP contribution in [0.5, 0.6) is 0 Å². The Morgan fingerprint density at radius 1 is 0.931 bits per heavy atom. The third-order valence-corrected chi connectivity index (χ3v) is 5.01. The second-order valence-electron chi connectivity index (χ2n) is 6.92. The van der Waals surface area contributed by atoms with Gasteiger partial charge in [-0.2, -0.15) is 0 Å². The highest BCUT2D eigenvalue weighted by molar-refractivity contribution is 6.05. The maximum Gasteiger partial charge on any atom is 0.255 e. The molecule has 1 amide bonds. The largest absolute Gasteiger partial charge is 0.394 e. The number of aliphatic hydroxyl groups excluding tert-OH is 2. The molecule has 0 aliphatic carbocycles. The van der Waals surface area contributed by atoms with E-state index in [1.165, 1.54) is 0 Å². The van der Waals surface area contributed by atoms with Crippen LogP contribution in [0.3, 0.4) is 0 Å². The predicted molar refractivity (Wildman–Crippen MR) is 114 cm³/mol. The number of fused-ring (bicyclic) bond motifs is 1. The highest BCUT2D eigenvalue weighted by atomic mass is 16.3. The minimum absolute atomic E-state index is 0.165. The molecule has 0 unspecified atom stereocenters. The molecule has 4 aromatic rings. The molecular formula is C24H22N2O3. The minimum atomic E-state index is -0.939. The Morgan fingerprint density at radius 3 is 2.31 bits per heavy atom. The van der Waals surface area contributed by atoms with Gasteiger partial charge in [-0.05, 0) is 42.0 Å². The van der Waals surface area contributed by atoms with E-state index in [0.29, 0.717) is 11.3 Å². The van der Waals surface area contributed by atoms with Crippen molar-refractivity contribution in [3.63, 3.8) is 0 Å². The number of rotatable bonds is 6. The van der Waals surface area contributed by atoms with Gasteiger partial charge in [0, 0.05) is 28.4 Å². The second-order valence-corrected chi connectivity index (χ2v) is 6.92. The van der Waals surface area contributed by atoms with Crippen molar-refractivity contribution in [2.45, 2.75) is 12.1 Å². The molecule has 0 saturated heterocycles. The van der Waals surface area contributed by atoms with E-state index in [9.17, 15) is 15.0 Å². The normalized spacial score (nSPS) is 13.2. The molecule has 0 aliphatic heterocycles. The van der Waals surface area contributed by atoms with Crippen molar-refractivity contribution in [2.24, 2.45) is 0 Å². The Bertz CT molecular complexity index is 1110. The van der Waals surface area contributed by atoms with Gasteiger partial charge in [-0.15, -0.1) is 0 Å². The molecule has 146 valence electrons. The van der Waals surface area contributed by atoms with Crippen molar-refractivity contribution in [2.75, 3.05) is 11.9 Å². The smallest absolute Gasteiger partial charge is 0.255 e. The summed E-state index contributed by atoms with van der Waals surface area (Å²) in [6, 6.07) is 25.9. The van der Waals surface area contributed by atoms with Gasteiger partial charge in [-0.25, -0.2) is 0 Å². The molecule has 0 radical (unpaired) electrons. The number of nitrogens with zero attached hydrogens (tertiary/aromatic N) is 1. The Labute approximate surface area is 168 Å². The Kier molecular flexibility index (Phi) is 5.42. The van der Waals surface area contributed by atoms with Crippen LogP contribution in [-0.4, -0.2) is 33.4 Å². The maximum absolute atomic E-state index is 12.4. The fourth-order valence-corrected chi connectivity index (χ4v) is 3.60. The zero-order chi connectivity index (χ0) is 20.2. The first-order valence-corrected chi connectivity index (χ1v) is 9.48. The number of aliphatic hydroxyl groups is 2.